The van der Waals surface area contributed by atoms with Gasteiger partial charge in [-0.25, -0.2) is 9.18 Å². The fraction of sp³-hybridized carbons (Fsp3) is 0.444. The smallest absolute Gasteiger partial charge is 0.323 e. The predicted molar refractivity (Wildman–Crippen MR) is 94.9 cm³/mol. The average Bonchev–Trinajstić information content (AvgIpc) is 2.77. The van der Waals surface area contributed by atoms with Gasteiger partial charge >= 0.3 is 6.03 Å². The number of hydrogen-bond acceptors (Lipinski definition) is 3. The molecular formula is C18H25FN4O. The topological polar surface area (TPSA) is 82.2 Å². The molecule has 0 radical (unpaired) electrons. The van der Waals surface area contributed by atoms with Crippen LogP contribution >= 0.6 is 0 Å². The minimum atomic E-state index is -0.798. The molecule has 130 valence electrons. The van der Waals surface area contributed by atoms with Crippen LogP contribution in [-0.4, -0.2) is 28.7 Å². The van der Waals surface area contributed by atoms with E-state index in [4.69, 9.17) is 11.1 Å². The van der Waals surface area contributed by atoms with Crippen molar-refractivity contribution in [2.75, 3.05) is 11.9 Å². The van der Waals surface area contributed by atoms with Gasteiger partial charge in [-0.2, -0.15) is 0 Å². The number of anilines is 1. The number of carbonyl (C=O) groups excluding carboxylic acids is 1. The summed E-state index contributed by atoms with van der Waals surface area (Å²) in [6, 6.07) is 3.01. The van der Waals surface area contributed by atoms with Gasteiger partial charge in [-0.1, -0.05) is 19.1 Å². The lowest BCUT2D eigenvalue weighted by atomic mass is 9.96. The Morgan fingerprint density at radius 2 is 1.96 bits per heavy atom. The highest BCUT2D eigenvalue weighted by molar-refractivity contribution is 6.11. The first-order chi connectivity index (χ1) is 11.1. The normalized spacial score (nSPS) is 18.8. The van der Waals surface area contributed by atoms with Crippen LogP contribution in [0.1, 0.15) is 38.3 Å². The van der Waals surface area contributed by atoms with E-state index < -0.39 is 17.4 Å². The highest BCUT2D eigenvalue weighted by atomic mass is 19.1. The van der Waals surface area contributed by atoms with E-state index in [9.17, 15) is 9.18 Å². The number of likely N-dealkylation sites (tertiary alicyclic amines) is 1. The number of allylic oxidation sites excluding steroid dienone is 1. The molecule has 2 amide bonds. The Bertz CT molecular complexity index is 737. The molecule has 4 N–H and O–H groups in total. The first-order valence-electron chi connectivity index (χ1n) is 8.02. The summed E-state index contributed by atoms with van der Waals surface area (Å²) in [5.41, 5.74) is 8.13. The summed E-state index contributed by atoms with van der Waals surface area (Å²) in [6.07, 6.45) is 0.620. The molecule has 0 atom stereocenters. The van der Waals surface area contributed by atoms with Crippen molar-refractivity contribution < 1.29 is 9.18 Å². The van der Waals surface area contributed by atoms with Crippen LogP contribution in [0.5, 0.6) is 0 Å². The zero-order valence-electron chi connectivity index (χ0n) is 14.9. The van der Waals surface area contributed by atoms with E-state index in [1.807, 2.05) is 6.92 Å². The molecule has 1 aliphatic heterocycles. The molecule has 0 saturated carbocycles. The molecule has 0 spiro atoms. The second-order valence-corrected chi connectivity index (χ2v) is 6.70. The summed E-state index contributed by atoms with van der Waals surface area (Å²) in [7, 11) is 0. The lowest BCUT2D eigenvalue weighted by Crippen LogP contribution is -2.48. The van der Waals surface area contributed by atoms with Gasteiger partial charge in [0.1, 0.15) is 5.82 Å². The van der Waals surface area contributed by atoms with Crippen molar-refractivity contribution in [1.82, 2.24) is 4.90 Å². The molecule has 0 aromatic heterocycles. The number of halogens is 1. The number of benzene rings is 1. The average molecular weight is 332 g/mol. The quantitative estimate of drug-likeness (QED) is 0.771. The van der Waals surface area contributed by atoms with Crippen LogP contribution in [0.25, 0.3) is 0 Å². The van der Waals surface area contributed by atoms with E-state index in [1.165, 1.54) is 4.90 Å². The molecule has 6 heteroatoms. The molecule has 5 nitrogen and oxygen atoms in total. The summed E-state index contributed by atoms with van der Waals surface area (Å²) < 4.78 is 14.3. The number of hydrogen-bond donors (Lipinski definition) is 3. The lowest BCUT2D eigenvalue weighted by molar-refractivity contribution is 0.195. The molecule has 1 saturated heterocycles. The minimum absolute atomic E-state index is 0.184. The number of nitrogens with zero attached hydrogens (tertiary/aromatic N) is 1. The predicted octanol–water partition coefficient (Wildman–Crippen LogP) is 3.71. The van der Waals surface area contributed by atoms with Gasteiger partial charge in [-0.15, -0.1) is 0 Å². The van der Waals surface area contributed by atoms with Gasteiger partial charge in [0.15, 0.2) is 0 Å². The highest BCUT2D eigenvalue weighted by Crippen LogP contribution is 2.32. The fourth-order valence-electron chi connectivity index (χ4n) is 2.84. The Hall–Kier alpha value is -2.37. The van der Waals surface area contributed by atoms with Crippen molar-refractivity contribution in [2.45, 2.75) is 46.6 Å². The molecule has 2 rings (SSSR count). The van der Waals surface area contributed by atoms with Crippen LogP contribution in [0.4, 0.5) is 14.9 Å². The highest BCUT2D eigenvalue weighted by Gasteiger charge is 2.44. The Morgan fingerprint density at radius 1 is 1.38 bits per heavy atom. The molecule has 1 aromatic carbocycles. The maximum Gasteiger partial charge on any atom is 0.323 e. The molecule has 1 heterocycles. The molecule has 24 heavy (non-hydrogen) atoms. The van der Waals surface area contributed by atoms with Crippen LogP contribution in [0.2, 0.25) is 0 Å². The zero-order chi connectivity index (χ0) is 18.2. The van der Waals surface area contributed by atoms with Crippen molar-refractivity contribution in [3.05, 3.63) is 40.3 Å². The molecular weight excluding hydrogens is 307 g/mol. The molecule has 0 bridgehead atoms. The van der Waals surface area contributed by atoms with Gasteiger partial charge in [-0.3, -0.25) is 0 Å². The Balaban J connectivity index is 2.34. The van der Waals surface area contributed by atoms with E-state index in [0.29, 0.717) is 34.5 Å². The molecule has 0 unspecified atom stereocenters. The van der Waals surface area contributed by atoms with E-state index in [2.05, 4.69) is 5.32 Å². The summed E-state index contributed by atoms with van der Waals surface area (Å²) in [5.74, 6) is -0.431. The Kier molecular flexibility index (Phi) is 4.69. The number of amides is 2. The second kappa shape index (κ2) is 6.26. The van der Waals surface area contributed by atoms with E-state index in [1.54, 1.807) is 39.8 Å². The SMILES string of the molecule is CCC(N)=C1CN(C(=O)Nc2c(C)ccc(C)c2F)C(C)(C)C1=N. The lowest BCUT2D eigenvalue weighted by Gasteiger charge is -2.31. The van der Waals surface area contributed by atoms with Crippen LogP contribution in [-0.2, 0) is 0 Å². The van der Waals surface area contributed by atoms with Crippen LogP contribution in [0, 0.1) is 25.1 Å². The van der Waals surface area contributed by atoms with Gasteiger partial charge in [-0.05, 0) is 45.2 Å². The van der Waals surface area contributed by atoms with Crippen LogP contribution in [0.3, 0.4) is 0 Å². The van der Waals surface area contributed by atoms with Crippen molar-refractivity contribution in [3.8, 4) is 0 Å². The van der Waals surface area contributed by atoms with E-state index in [-0.39, 0.29) is 12.2 Å². The van der Waals surface area contributed by atoms with Crippen molar-refractivity contribution in [1.29, 1.82) is 5.41 Å². The number of urea groups is 1. The van der Waals surface area contributed by atoms with Crippen LogP contribution in [0.15, 0.2) is 23.4 Å². The summed E-state index contributed by atoms with van der Waals surface area (Å²) in [5, 5.41) is 11.0. The molecule has 1 aromatic rings. The van der Waals surface area contributed by atoms with E-state index >= 15 is 0 Å². The summed E-state index contributed by atoms with van der Waals surface area (Å²) >= 11 is 0. The first kappa shape index (κ1) is 18.0. The van der Waals surface area contributed by atoms with Crippen molar-refractivity contribution in [2.24, 2.45) is 5.73 Å². The third-order valence-electron chi connectivity index (χ3n) is 4.69. The van der Waals surface area contributed by atoms with Gasteiger partial charge in [0.25, 0.3) is 0 Å². The minimum Gasteiger partial charge on any atom is -0.402 e. The van der Waals surface area contributed by atoms with Gasteiger partial charge in [0.05, 0.1) is 23.5 Å². The largest absolute Gasteiger partial charge is 0.402 e. The molecule has 1 aliphatic rings. The number of carbonyl (C=O) groups is 1. The number of rotatable bonds is 2. The first-order valence-corrected chi connectivity index (χ1v) is 8.02. The summed E-state index contributed by atoms with van der Waals surface area (Å²) in [6.45, 7) is 9.16. The molecule has 1 fully saturated rings. The second-order valence-electron chi connectivity index (χ2n) is 6.70. The Morgan fingerprint density at radius 3 is 2.54 bits per heavy atom. The third-order valence-corrected chi connectivity index (χ3v) is 4.69. The third kappa shape index (κ3) is 2.88. The monoisotopic (exact) mass is 332 g/mol. The standard InChI is InChI=1S/C18H25FN4O/c1-6-13(20)12-9-23(18(4,5)16(12)21)17(24)22-15-11(3)8-7-10(2)14(15)19/h7-8,21H,6,9,20H2,1-5H3,(H,22,24). The summed E-state index contributed by atoms with van der Waals surface area (Å²) in [4.78, 5) is 14.3. The fourth-order valence-corrected chi connectivity index (χ4v) is 2.84. The van der Waals surface area contributed by atoms with Crippen LogP contribution < -0.4 is 11.1 Å². The zero-order valence-corrected chi connectivity index (χ0v) is 14.9. The Labute approximate surface area is 142 Å². The number of nitrogens with one attached hydrogen (secondary N) is 2. The van der Waals surface area contributed by atoms with Gasteiger partial charge in [0.2, 0.25) is 0 Å². The molecule has 0 aliphatic carbocycles. The number of aryl methyl sites for hydroxylation is 2. The number of nitrogens with two attached hydrogens (primary N) is 1. The maximum atomic E-state index is 14.3. The van der Waals surface area contributed by atoms with Crippen molar-refractivity contribution >= 4 is 17.4 Å². The van der Waals surface area contributed by atoms with Gasteiger partial charge < -0.3 is 21.4 Å². The van der Waals surface area contributed by atoms with Crippen molar-refractivity contribution in [3.63, 3.8) is 0 Å². The van der Waals surface area contributed by atoms with Gasteiger partial charge in [0, 0.05) is 11.3 Å². The maximum absolute atomic E-state index is 14.3. The van der Waals surface area contributed by atoms with E-state index in [0.717, 1.165) is 0 Å².